The summed E-state index contributed by atoms with van der Waals surface area (Å²) in [5, 5.41) is 18.0. The zero-order valence-corrected chi connectivity index (χ0v) is 15.9. The topological polar surface area (TPSA) is 56.7 Å². The van der Waals surface area contributed by atoms with Gasteiger partial charge in [0, 0.05) is 11.4 Å². The van der Waals surface area contributed by atoms with E-state index in [1.54, 1.807) is 23.5 Å². The van der Waals surface area contributed by atoms with Crippen LogP contribution in [0.1, 0.15) is 22.9 Å². The number of benzene rings is 1. The molecule has 22 heavy (non-hydrogen) atoms. The Morgan fingerprint density at radius 2 is 1.91 bits per heavy atom. The summed E-state index contributed by atoms with van der Waals surface area (Å²) in [6, 6.07) is 9.25. The number of aromatic hydroxyl groups is 1. The minimum Gasteiger partial charge on any atom is -0.508 e. The first-order valence-corrected chi connectivity index (χ1v) is 7.90. The Morgan fingerprint density at radius 1 is 1.18 bits per heavy atom. The summed E-state index contributed by atoms with van der Waals surface area (Å²) in [4.78, 5) is 5.88. The minimum atomic E-state index is 0. The van der Waals surface area contributed by atoms with Crippen LogP contribution >= 0.6 is 35.3 Å². The van der Waals surface area contributed by atoms with Crippen LogP contribution in [0.5, 0.6) is 5.75 Å². The van der Waals surface area contributed by atoms with Gasteiger partial charge in [-0.25, -0.2) is 4.99 Å². The van der Waals surface area contributed by atoms with Crippen molar-refractivity contribution in [1.82, 2.24) is 10.6 Å². The fraction of sp³-hybridized carbons (Fsp3) is 0.312. The highest BCUT2D eigenvalue weighted by Crippen LogP contribution is 2.14. The normalized spacial score (nSPS) is 10.9. The lowest BCUT2D eigenvalue weighted by Crippen LogP contribution is -2.36. The van der Waals surface area contributed by atoms with Gasteiger partial charge in [-0.15, -0.1) is 35.3 Å². The maximum absolute atomic E-state index is 9.27. The lowest BCUT2D eigenvalue weighted by atomic mass is 10.2. The summed E-state index contributed by atoms with van der Waals surface area (Å²) in [6.07, 6.45) is 0. The molecule has 0 spiro atoms. The zero-order valence-electron chi connectivity index (χ0n) is 12.8. The molecule has 2 rings (SSSR count). The van der Waals surface area contributed by atoms with E-state index in [9.17, 15) is 5.11 Å². The molecule has 1 aromatic carbocycles. The van der Waals surface area contributed by atoms with Crippen LogP contribution in [0, 0.1) is 6.92 Å². The average Bonchev–Trinajstić information content (AvgIpc) is 2.89. The molecule has 120 valence electrons. The van der Waals surface area contributed by atoms with Crippen molar-refractivity contribution in [2.75, 3.05) is 6.54 Å². The fourth-order valence-electron chi connectivity index (χ4n) is 1.86. The Balaban J connectivity index is 0.00000242. The molecule has 0 saturated heterocycles. The molecule has 0 radical (unpaired) electrons. The fourth-order valence-corrected chi connectivity index (χ4v) is 2.71. The smallest absolute Gasteiger partial charge is 0.191 e. The van der Waals surface area contributed by atoms with Crippen molar-refractivity contribution in [3.05, 3.63) is 51.7 Å². The first kappa shape index (κ1) is 18.8. The highest BCUT2D eigenvalue weighted by molar-refractivity contribution is 14.0. The van der Waals surface area contributed by atoms with Gasteiger partial charge in [-0.05, 0) is 48.6 Å². The van der Waals surface area contributed by atoms with Gasteiger partial charge in [0.25, 0.3) is 0 Å². The highest BCUT2D eigenvalue weighted by atomic mass is 127. The van der Waals surface area contributed by atoms with Crippen LogP contribution in [0.15, 0.2) is 40.7 Å². The number of thiophene rings is 1. The van der Waals surface area contributed by atoms with Crippen LogP contribution in [0.25, 0.3) is 0 Å². The molecule has 6 heteroatoms. The maximum atomic E-state index is 9.27. The number of hydrogen-bond donors (Lipinski definition) is 3. The Kier molecular flexibility index (Phi) is 8.26. The molecule has 0 amide bonds. The molecule has 0 unspecified atom stereocenters. The number of phenolic OH excluding ortho intramolecular Hbond substituents is 1. The largest absolute Gasteiger partial charge is 0.508 e. The summed E-state index contributed by atoms with van der Waals surface area (Å²) < 4.78 is 0. The standard InChI is InChI=1S/C16H21N3OS.HI/c1-3-17-16(19-11-15-12(2)8-9-21-15)18-10-13-4-6-14(20)7-5-13;/h4-9,20H,3,10-11H2,1-2H3,(H2,17,18,19);1H. The third-order valence-electron chi connectivity index (χ3n) is 3.08. The van der Waals surface area contributed by atoms with E-state index in [2.05, 4.69) is 34.0 Å². The molecule has 4 nitrogen and oxygen atoms in total. The Morgan fingerprint density at radius 3 is 2.50 bits per heavy atom. The van der Waals surface area contributed by atoms with Gasteiger partial charge in [0.05, 0.1) is 13.1 Å². The summed E-state index contributed by atoms with van der Waals surface area (Å²) in [6.45, 7) is 6.36. The molecular weight excluding hydrogens is 409 g/mol. The average molecular weight is 431 g/mol. The number of aliphatic imine (C=N–C) groups is 1. The molecule has 2 aromatic rings. The third kappa shape index (κ3) is 5.84. The second-order valence-electron chi connectivity index (χ2n) is 4.74. The Bertz CT molecular complexity index is 596. The predicted octanol–water partition coefficient (Wildman–Crippen LogP) is 3.64. The van der Waals surface area contributed by atoms with Crippen molar-refractivity contribution in [3.8, 4) is 5.75 Å². The van der Waals surface area contributed by atoms with Crippen LogP contribution in [0.4, 0.5) is 0 Å². The molecule has 0 fully saturated rings. The number of halogens is 1. The van der Waals surface area contributed by atoms with Crippen molar-refractivity contribution < 1.29 is 5.11 Å². The number of hydrogen-bond acceptors (Lipinski definition) is 3. The quantitative estimate of drug-likeness (QED) is 0.385. The van der Waals surface area contributed by atoms with E-state index in [4.69, 9.17) is 0 Å². The number of guanidine groups is 1. The molecule has 0 atom stereocenters. The van der Waals surface area contributed by atoms with Gasteiger partial charge in [-0.2, -0.15) is 0 Å². The van der Waals surface area contributed by atoms with Crippen molar-refractivity contribution in [2.45, 2.75) is 26.9 Å². The van der Waals surface area contributed by atoms with E-state index in [0.29, 0.717) is 6.54 Å². The van der Waals surface area contributed by atoms with Crippen molar-refractivity contribution >= 4 is 41.3 Å². The maximum Gasteiger partial charge on any atom is 0.191 e. The molecular formula is C16H22IN3OS. The Labute approximate surface area is 152 Å². The van der Waals surface area contributed by atoms with E-state index in [1.807, 2.05) is 19.1 Å². The van der Waals surface area contributed by atoms with E-state index < -0.39 is 0 Å². The number of phenols is 1. The van der Waals surface area contributed by atoms with Gasteiger partial charge in [-0.3, -0.25) is 0 Å². The number of aryl methyl sites for hydroxylation is 1. The number of nitrogens with one attached hydrogen (secondary N) is 2. The van der Waals surface area contributed by atoms with Gasteiger partial charge in [0.1, 0.15) is 5.75 Å². The molecule has 3 N–H and O–H groups in total. The monoisotopic (exact) mass is 431 g/mol. The number of nitrogens with zero attached hydrogens (tertiary/aromatic N) is 1. The van der Waals surface area contributed by atoms with Gasteiger partial charge in [0.2, 0.25) is 0 Å². The van der Waals surface area contributed by atoms with Crippen LogP contribution in [0.3, 0.4) is 0 Å². The van der Waals surface area contributed by atoms with Crippen LogP contribution in [-0.4, -0.2) is 17.6 Å². The summed E-state index contributed by atoms with van der Waals surface area (Å²) >= 11 is 1.75. The zero-order chi connectivity index (χ0) is 15.1. The molecule has 1 aromatic heterocycles. The first-order chi connectivity index (χ1) is 10.2. The molecule has 0 aliphatic carbocycles. The lowest BCUT2D eigenvalue weighted by molar-refractivity contribution is 0.475. The molecule has 0 aliphatic rings. The summed E-state index contributed by atoms with van der Waals surface area (Å²) in [7, 11) is 0. The molecule has 0 saturated carbocycles. The van der Waals surface area contributed by atoms with E-state index in [0.717, 1.165) is 24.6 Å². The van der Waals surface area contributed by atoms with E-state index >= 15 is 0 Å². The highest BCUT2D eigenvalue weighted by Gasteiger charge is 2.02. The lowest BCUT2D eigenvalue weighted by Gasteiger charge is -2.11. The number of rotatable bonds is 5. The van der Waals surface area contributed by atoms with Crippen LogP contribution in [0.2, 0.25) is 0 Å². The third-order valence-corrected chi connectivity index (χ3v) is 4.11. The molecule has 0 bridgehead atoms. The van der Waals surface area contributed by atoms with Gasteiger partial charge in [-0.1, -0.05) is 12.1 Å². The predicted molar refractivity (Wildman–Crippen MR) is 104 cm³/mol. The van der Waals surface area contributed by atoms with Crippen LogP contribution < -0.4 is 10.6 Å². The summed E-state index contributed by atoms with van der Waals surface area (Å²) in [5.41, 5.74) is 2.37. The van der Waals surface area contributed by atoms with Gasteiger partial charge >= 0.3 is 0 Å². The van der Waals surface area contributed by atoms with Crippen molar-refractivity contribution in [2.24, 2.45) is 4.99 Å². The minimum absolute atomic E-state index is 0. The Hall–Kier alpha value is -1.28. The summed E-state index contributed by atoms with van der Waals surface area (Å²) in [5.74, 6) is 1.08. The first-order valence-electron chi connectivity index (χ1n) is 7.02. The molecule has 0 aliphatic heterocycles. The van der Waals surface area contributed by atoms with E-state index in [1.165, 1.54) is 10.4 Å². The van der Waals surface area contributed by atoms with Gasteiger partial charge in [0.15, 0.2) is 5.96 Å². The van der Waals surface area contributed by atoms with Gasteiger partial charge < -0.3 is 15.7 Å². The van der Waals surface area contributed by atoms with Crippen molar-refractivity contribution in [3.63, 3.8) is 0 Å². The SMILES string of the molecule is CCNC(=NCc1ccc(O)cc1)NCc1sccc1C.I. The second kappa shape index (κ2) is 9.68. The second-order valence-corrected chi connectivity index (χ2v) is 5.74. The molecule has 1 heterocycles. The van der Waals surface area contributed by atoms with Crippen LogP contribution in [-0.2, 0) is 13.1 Å². The van der Waals surface area contributed by atoms with E-state index in [-0.39, 0.29) is 29.7 Å². The van der Waals surface area contributed by atoms with Crippen molar-refractivity contribution in [1.29, 1.82) is 0 Å².